The van der Waals surface area contributed by atoms with Crippen LogP contribution in [0.3, 0.4) is 0 Å². The average Bonchev–Trinajstić information content (AvgIpc) is 2.83. The lowest BCUT2D eigenvalue weighted by Gasteiger charge is -2.49. The number of phenols is 1. The number of aliphatic hydroxyl groups excluding tert-OH is 1. The Bertz CT molecular complexity index is 729. The molecular weight excluding hydrogens is 288 g/mol. The monoisotopic (exact) mass is 310 g/mol. The first-order valence-electron chi connectivity index (χ1n) is 8.50. The summed E-state index contributed by atoms with van der Waals surface area (Å²) in [6.45, 7) is 2.18. The van der Waals surface area contributed by atoms with Gasteiger partial charge in [-0.25, -0.2) is 0 Å². The van der Waals surface area contributed by atoms with Crippen molar-refractivity contribution in [3.05, 3.63) is 28.8 Å². The van der Waals surface area contributed by atoms with Gasteiger partial charge in [-0.05, 0) is 66.5 Å². The van der Waals surface area contributed by atoms with Gasteiger partial charge in [-0.3, -0.25) is 4.79 Å². The predicted molar refractivity (Wildman–Crippen MR) is 87.3 cm³/mol. The number of fused-ring (bicyclic) bond motifs is 5. The van der Waals surface area contributed by atoms with Gasteiger partial charge in [0, 0.05) is 17.5 Å². The van der Waals surface area contributed by atoms with Gasteiger partial charge in [-0.2, -0.15) is 0 Å². The van der Waals surface area contributed by atoms with Crippen molar-refractivity contribution in [2.24, 2.45) is 17.3 Å². The van der Waals surface area contributed by atoms with Crippen LogP contribution in [0, 0.1) is 29.6 Å². The van der Waals surface area contributed by atoms with Gasteiger partial charge in [0.1, 0.15) is 5.75 Å². The molecule has 2 saturated carbocycles. The summed E-state index contributed by atoms with van der Waals surface area (Å²) in [6, 6.07) is 3.18. The summed E-state index contributed by atoms with van der Waals surface area (Å²) in [7, 11) is 0. The Kier molecular flexibility index (Phi) is 3.12. The van der Waals surface area contributed by atoms with Crippen molar-refractivity contribution in [2.75, 3.05) is 0 Å². The van der Waals surface area contributed by atoms with E-state index in [-0.39, 0.29) is 34.9 Å². The van der Waals surface area contributed by atoms with Crippen LogP contribution in [0.2, 0.25) is 0 Å². The second-order valence-corrected chi connectivity index (χ2v) is 7.74. The minimum atomic E-state index is -0.253. The zero-order valence-corrected chi connectivity index (χ0v) is 13.4. The number of carbonyl (C=O) groups is 1. The summed E-state index contributed by atoms with van der Waals surface area (Å²) < 4.78 is 0. The molecule has 0 heterocycles. The first-order chi connectivity index (χ1) is 11.0. The number of hydrogen-bond acceptors (Lipinski definition) is 3. The second-order valence-electron chi connectivity index (χ2n) is 7.74. The Morgan fingerprint density at radius 2 is 2.09 bits per heavy atom. The number of terminal acetylenes is 1. The molecule has 2 fully saturated rings. The molecule has 0 amide bonds. The third-order valence-corrected chi connectivity index (χ3v) is 6.80. The van der Waals surface area contributed by atoms with Crippen LogP contribution in [0.1, 0.15) is 66.4 Å². The highest BCUT2D eigenvalue weighted by atomic mass is 16.3. The van der Waals surface area contributed by atoms with Crippen LogP contribution in [-0.4, -0.2) is 22.1 Å². The fourth-order valence-corrected chi connectivity index (χ4v) is 5.61. The molecule has 1 aromatic carbocycles. The molecule has 3 aliphatic carbocycles. The van der Waals surface area contributed by atoms with E-state index in [0.29, 0.717) is 23.5 Å². The number of aliphatic hydroxyl groups is 1. The molecule has 0 radical (unpaired) electrons. The Morgan fingerprint density at radius 1 is 1.30 bits per heavy atom. The standard InChI is InChI=1S/C20H22O3/c1-3-11-8-12(21)9-15-17(22)10-14-13(19(11)15)6-7-20(2)16(14)4-5-18(20)23/h1,8-9,13-14,16,18,21,23H,4-7,10H2,2H3/t13-,14+,16-,18-,20-/m0/s1. The van der Waals surface area contributed by atoms with Crippen LogP contribution in [0.15, 0.2) is 12.1 Å². The van der Waals surface area contributed by atoms with E-state index in [1.165, 1.54) is 0 Å². The molecule has 0 aromatic heterocycles. The molecule has 1 aromatic rings. The maximum absolute atomic E-state index is 12.7. The van der Waals surface area contributed by atoms with Gasteiger partial charge in [0.15, 0.2) is 5.78 Å². The van der Waals surface area contributed by atoms with Crippen LogP contribution < -0.4 is 0 Å². The molecule has 3 nitrogen and oxygen atoms in total. The van der Waals surface area contributed by atoms with Crippen molar-refractivity contribution in [3.8, 4) is 18.1 Å². The highest BCUT2D eigenvalue weighted by Crippen LogP contribution is 2.61. The number of phenolic OH excluding ortho intramolecular Hbond substituents is 1. The number of aromatic hydroxyl groups is 1. The minimum Gasteiger partial charge on any atom is -0.508 e. The molecule has 3 heteroatoms. The molecular formula is C20H22O3. The van der Waals surface area contributed by atoms with Gasteiger partial charge < -0.3 is 10.2 Å². The first-order valence-corrected chi connectivity index (χ1v) is 8.50. The Balaban J connectivity index is 1.84. The van der Waals surface area contributed by atoms with E-state index in [9.17, 15) is 15.0 Å². The molecule has 2 N–H and O–H groups in total. The van der Waals surface area contributed by atoms with Crippen molar-refractivity contribution in [1.29, 1.82) is 0 Å². The third kappa shape index (κ3) is 1.91. The van der Waals surface area contributed by atoms with Crippen LogP contribution in [0.5, 0.6) is 5.75 Å². The van der Waals surface area contributed by atoms with Gasteiger partial charge in [0.2, 0.25) is 0 Å². The van der Waals surface area contributed by atoms with E-state index in [2.05, 4.69) is 12.8 Å². The SMILES string of the molecule is C#Cc1cc(O)cc2c1[C@H]1CC[C@]3(C)[C@@H](O)CC[C@H]3[C@@H]1CC2=O. The molecule has 0 saturated heterocycles. The lowest BCUT2D eigenvalue weighted by Crippen LogP contribution is -2.45. The van der Waals surface area contributed by atoms with E-state index in [0.717, 1.165) is 31.2 Å². The van der Waals surface area contributed by atoms with Crippen LogP contribution in [-0.2, 0) is 0 Å². The zero-order valence-electron chi connectivity index (χ0n) is 13.4. The highest BCUT2D eigenvalue weighted by molar-refractivity contribution is 6.00. The molecule has 4 rings (SSSR count). The number of rotatable bonds is 0. The van der Waals surface area contributed by atoms with Gasteiger partial charge in [-0.1, -0.05) is 12.8 Å². The van der Waals surface area contributed by atoms with E-state index in [4.69, 9.17) is 6.42 Å². The van der Waals surface area contributed by atoms with E-state index in [1.807, 2.05) is 0 Å². The number of ketones is 1. The summed E-state index contributed by atoms with van der Waals surface area (Å²) in [5, 5.41) is 20.3. The van der Waals surface area contributed by atoms with E-state index >= 15 is 0 Å². The largest absolute Gasteiger partial charge is 0.508 e. The summed E-state index contributed by atoms with van der Waals surface area (Å²) in [5.41, 5.74) is 2.17. The fraction of sp³-hybridized carbons (Fsp3) is 0.550. The Morgan fingerprint density at radius 3 is 2.83 bits per heavy atom. The van der Waals surface area contributed by atoms with Crippen molar-refractivity contribution >= 4 is 5.78 Å². The summed E-state index contributed by atoms with van der Waals surface area (Å²) >= 11 is 0. The van der Waals surface area contributed by atoms with Crippen LogP contribution in [0.25, 0.3) is 0 Å². The third-order valence-electron chi connectivity index (χ3n) is 6.80. The van der Waals surface area contributed by atoms with Gasteiger partial charge >= 0.3 is 0 Å². The molecule has 23 heavy (non-hydrogen) atoms. The molecule has 0 spiro atoms. The van der Waals surface area contributed by atoms with Crippen molar-refractivity contribution < 1.29 is 15.0 Å². The van der Waals surface area contributed by atoms with Gasteiger partial charge in [0.05, 0.1) is 6.10 Å². The van der Waals surface area contributed by atoms with E-state index < -0.39 is 0 Å². The molecule has 0 aliphatic heterocycles. The van der Waals surface area contributed by atoms with Crippen molar-refractivity contribution in [2.45, 2.75) is 51.0 Å². The fourth-order valence-electron chi connectivity index (χ4n) is 5.61. The van der Waals surface area contributed by atoms with Gasteiger partial charge in [-0.15, -0.1) is 6.42 Å². The minimum absolute atomic E-state index is 0.0633. The van der Waals surface area contributed by atoms with Crippen LogP contribution in [0.4, 0.5) is 0 Å². The lowest BCUT2D eigenvalue weighted by atomic mass is 9.55. The first kappa shape index (κ1) is 14.8. The normalized spacial score (nSPS) is 38.4. The lowest BCUT2D eigenvalue weighted by molar-refractivity contribution is -0.0208. The number of hydrogen-bond donors (Lipinski definition) is 2. The molecule has 3 aliphatic rings. The Labute approximate surface area is 136 Å². The van der Waals surface area contributed by atoms with E-state index in [1.54, 1.807) is 12.1 Å². The zero-order chi connectivity index (χ0) is 16.4. The number of benzene rings is 1. The molecule has 0 unspecified atom stereocenters. The molecule has 120 valence electrons. The maximum atomic E-state index is 12.7. The smallest absolute Gasteiger partial charge is 0.163 e. The van der Waals surface area contributed by atoms with Crippen LogP contribution >= 0.6 is 0 Å². The number of Topliss-reactive ketones (excluding diaryl/α,β-unsaturated/α-hetero) is 1. The maximum Gasteiger partial charge on any atom is 0.163 e. The highest BCUT2D eigenvalue weighted by Gasteiger charge is 2.55. The van der Waals surface area contributed by atoms with Crippen molar-refractivity contribution in [1.82, 2.24) is 0 Å². The topological polar surface area (TPSA) is 57.5 Å². The quantitative estimate of drug-likeness (QED) is 0.723. The summed E-state index contributed by atoms with van der Waals surface area (Å²) in [4.78, 5) is 12.7. The number of carbonyl (C=O) groups excluding carboxylic acids is 1. The molecule has 0 bridgehead atoms. The van der Waals surface area contributed by atoms with Gasteiger partial charge in [0.25, 0.3) is 0 Å². The second kappa shape index (κ2) is 4.85. The molecule has 5 atom stereocenters. The van der Waals surface area contributed by atoms with Crippen molar-refractivity contribution in [3.63, 3.8) is 0 Å². The summed E-state index contributed by atoms with van der Waals surface area (Å²) in [6.07, 6.45) is 9.66. The average molecular weight is 310 g/mol. The Hall–Kier alpha value is -1.79. The summed E-state index contributed by atoms with van der Waals surface area (Å²) in [5.74, 6) is 3.74. The predicted octanol–water partition coefficient (Wildman–Crippen LogP) is 3.23.